The van der Waals surface area contributed by atoms with Crippen LogP contribution in [0.5, 0.6) is 0 Å². The molecule has 0 radical (unpaired) electrons. The lowest BCUT2D eigenvalue weighted by atomic mass is 10.0. The molecule has 4 heteroatoms. The summed E-state index contributed by atoms with van der Waals surface area (Å²) in [7, 11) is 0. The standard InChI is InChI=1S/C15H21BrN2O/c1-11-2-4-13(16)8-12(11)3-5-14(19)18-10-15(9-17)6-7-15/h2,4,8H,3,5-7,9-10,17H2,1H3,(H,18,19). The smallest absolute Gasteiger partial charge is 0.220 e. The number of amides is 1. The zero-order valence-electron chi connectivity index (χ0n) is 11.3. The van der Waals surface area contributed by atoms with Crippen molar-refractivity contribution in [2.75, 3.05) is 13.1 Å². The van der Waals surface area contributed by atoms with E-state index in [0.717, 1.165) is 30.3 Å². The van der Waals surface area contributed by atoms with Crippen LogP contribution in [-0.4, -0.2) is 19.0 Å². The fourth-order valence-corrected chi connectivity index (χ4v) is 2.57. The number of nitrogens with one attached hydrogen (secondary N) is 1. The van der Waals surface area contributed by atoms with E-state index in [1.807, 2.05) is 6.07 Å². The number of nitrogens with two attached hydrogens (primary N) is 1. The maximum Gasteiger partial charge on any atom is 0.220 e. The Morgan fingerprint density at radius 3 is 2.84 bits per heavy atom. The molecule has 0 aromatic heterocycles. The molecular formula is C15H21BrN2O. The number of rotatable bonds is 6. The van der Waals surface area contributed by atoms with Gasteiger partial charge in [-0.2, -0.15) is 0 Å². The van der Waals surface area contributed by atoms with Gasteiger partial charge in [-0.3, -0.25) is 4.79 Å². The van der Waals surface area contributed by atoms with Gasteiger partial charge in [-0.1, -0.05) is 22.0 Å². The van der Waals surface area contributed by atoms with Crippen molar-refractivity contribution in [3.8, 4) is 0 Å². The highest BCUT2D eigenvalue weighted by Crippen LogP contribution is 2.43. The van der Waals surface area contributed by atoms with Crippen LogP contribution in [0, 0.1) is 12.3 Å². The number of halogens is 1. The van der Waals surface area contributed by atoms with Gasteiger partial charge in [-0.15, -0.1) is 0 Å². The summed E-state index contributed by atoms with van der Waals surface area (Å²) in [5.74, 6) is 0.124. The Morgan fingerprint density at radius 2 is 2.21 bits per heavy atom. The van der Waals surface area contributed by atoms with Gasteiger partial charge in [0.15, 0.2) is 0 Å². The van der Waals surface area contributed by atoms with Gasteiger partial charge in [-0.25, -0.2) is 0 Å². The van der Waals surface area contributed by atoms with Crippen LogP contribution in [0.15, 0.2) is 22.7 Å². The maximum atomic E-state index is 11.8. The third-order valence-corrected chi connectivity index (χ3v) is 4.48. The molecule has 2 rings (SSSR count). The zero-order valence-corrected chi connectivity index (χ0v) is 12.9. The lowest BCUT2D eigenvalue weighted by Gasteiger charge is -2.13. The van der Waals surface area contributed by atoms with Gasteiger partial charge in [0.05, 0.1) is 0 Å². The summed E-state index contributed by atoms with van der Waals surface area (Å²) in [6.45, 7) is 3.49. The number of hydrogen-bond acceptors (Lipinski definition) is 2. The second kappa shape index (κ2) is 6.06. The van der Waals surface area contributed by atoms with Crippen LogP contribution in [0.4, 0.5) is 0 Å². The summed E-state index contributed by atoms with van der Waals surface area (Å²) in [6, 6.07) is 6.19. The Kier molecular flexibility index (Phi) is 4.63. The molecule has 1 aromatic carbocycles. The van der Waals surface area contributed by atoms with E-state index in [2.05, 4.69) is 40.3 Å². The fourth-order valence-electron chi connectivity index (χ4n) is 2.16. The number of hydrogen-bond donors (Lipinski definition) is 2. The molecule has 1 aliphatic carbocycles. The molecular weight excluding hydrogens is 304 g/mol. The molecule has 1 aromatic rings. The van der Waals surface area contributed by atoms with Crippen LogP contribution in [0.3, 0.4) is 0 Å². The second-order valence-electron chi connectivity index (χ2n) is 5.55. The summed E-state index contributed by atoms with van der Waals surface area (Å²) in [5, 5.41) is 3.01. The molecule has 1 amide bonds. The lowest BCUT2D eigenvalue weighted by molar-refractivity contribution is -0.121. The first kappa shape index (κ1) is 14.5. The lowest BCUT2D eigenvalue weighted by Crippen LogP contribution is -2.34. The fraction of sp³-hybridized carbons (Fsp3) is 0.533. The Morgan fingerprint density at radius 1 is 1.47 bits per heavy atom. The zero-order chi connectivity index (χ0) is 13.9. The molecule has 1 fully saturated rings. The quantitative estimate of drug-likeness (QED) is 0.844. The number of carbonyl (C=O) groups excluding carboxylic acids is 1. The summed E-state index contributed by atoms with van der Waals surface area (Å²) in [5.41, 5.74) is 8.37. The van der Waals surface area contributed by atoms with E-state index in [0.29, 0.717) is 13.0 Å². The minimum absolute atomic E-state index is 0.124. The molecule has 0 atom stereocenters. The van der Waals surface area contributed by atoms with E-state index < -0.39 is 0 Å². The number of carbonyl (C=O) groups is 1. The predicted molar refractivity (Wildman–Crippen MR) is 80.9 cm³/mol. The van der Waals surface area contributed by atoms with Gasteiger partial charge in [-0.05, 0) is 61.4 Å². The minimum atomic E-state index is 0.124. The average molecular weight is 325 g/mol. The normalized spacial score (nSPS) is 16.2. The molecule has 1 aliphatic rings. The largest absolute Gasteiger partial charge is 0.355 e. The average Bonchev–Trinajstić information content (AvgIpc) is 3.18. The van der Waals surface area contributed by atoms with Gasteiger partial charge in [0.2, 0.25) is 5.91 Å². The minimum Gasteiger partial charge on any atom is -0.355 e. The van der Waals surface area contributed by atoms with Crippen LogP contribution >= 0.6 is 15.9 Å². The molecule has 0 aliphatic heterocycles. The maximum absolute atomic E-state index is 11.8. The van der Waals surface area contributed by atoms with Crippen LogP contribution < -0.4 is 11.1 Å². The van der Waals surface area contributed by atoms with Crippen molar-refractivity contribution in [3.63, 3.8) is 0 Å². The first-order valence-electron chi connectivity index (χ1n) is 6.76. The van der Waals surface area contributed by atoms with Crippen molar-refractivity contribution in [3.05, 3.63) is 33.8 Å². The van der Waals surface area contributed by atoms with Crippen molar-refractivity contribution in [1.82, 2.24) is 5.32 Å². The Bertz CT molecular complexity index is 469. The molecule has 3 N–H and O–H groups in total. The predicted octanol–water partition coefficient (Wildman–Crippen LogP) is 2.55. The highest BCUT2D eigenvalue weighted by Gasteiger charge is 2.41. The van der Waals surface area contributed by atoms with Crippen molar-refractivity contribution >= 4 is 21.8 Å². The van der Waals surface area contributed by atoms with Crippen molar-refractivity contribution < 1.29 is 4.79 Å². The third kappa shape index (κ3) is 4.05. The van der Waals surface area contributed by atoms with Crippen molar-refractivity contribution in [2.45, 2.75) is 32.6 Å². The molecule has 3 nitrogen and oxygen atoms in total. The molecule has 0 unspecified atom stereocenters. The second-order valence-corrected chi connectivity index (χ2v) is 6.47. The Balaban J connectivity index is 1.78. The monoisotopic (exact) mass is 324 g/mol. The van der Waals surface area contributed by atoms with E-state index in [1.54, 1.807) is 0 Å². The van der Waals surface area contributed by atoms with Gasteiger partial charge < -0.3 is 11.1 Å². The molecule has 0 saturated heterocycles. The van der Waals surface area contributed by atoms with Crippen molar-refractivity contribution in [2.24, 2.45) is 11.1 Å². The van der Waals surface area contributed by atoms with Crippen LogP contribution in [-0.2, 0) is 11.2 Å². The van der Waals surface area contributed by atoms with E-state index in [-0.39, 0.29) is 11.3 Å². The van der Waals surface area contributed by atoms with Gasteiger partial charge in [0.25, 0.3) is 0 Å². The summed E-state index contributed by atoms with van der Waals surface area (Å²) < 4.78 is 1.06. The van der Waals surface area contributed by atoms with E-state index in [4.69, 9.17) is 5.73 Å². The van der Waals surface area contributed by atoms with Crippen LogP contribution in [0.2, 0.25) is 0 Å². The molecule has 0 bridgehead atoms. The highest BCUT2D eigenvalue weighted by atomic mass is 79.9. The molecule has 19 heavy (non-hydrogen) atoms. The number of aryl methyl sites for hydroxylation is 2. The highest BCUT2D eigenvalue weighted by molar-refractivity contribution is 9.10. The Labute approximate surface area is 123 Å². The van der Waals surface area contributed by atoms with Crippen LogP contribution in [0.25, 0.3) is 0 Å². The van der Waals surface area contributed by atoms with E-state index in [1.165, 1.54) is 11.1 Å². The molecule has 0 heterocycles. The van der Waals surface area contributed by atoms with Gasteiger partial charge in [0, 0.05) is 17.4 Å². The summed E-state index contributed by atoms with van der Waals surface area (Å²) in [4.78, 5) is 11.8. The van der Waals surface area contributed by atoms with E-state index >= 15 is 0 Å². The van der Waals surface area contributed by atoms with E-state index in [9.17, 15) is 4.79 Å². The summed E-state index contributed by atoms with van der Waals surface area (Å²) in [6.07, 6.45) is 3.62. The Hall–Kier alpha value is -0.870. The summed E-state index contributed by atoms with van der Waals surface area (Å²) >= 11 is 3.46. The van der Waals surface area contributed by atoms with Gasteiger partial charge >= 0.3 is 0 Å². The first-order valence-corrected chi connectivity index (χ1v) is 7.56. The first-order chi connectivity index (χ1) is 9.04. The van der Waals surface area contributed by atoms with Gasteiger partial charge in [0.1, 0.15) is 0 Å². The van der Waals surface area contributed by atoms with Crippen molar-refractivity contribution in [1.29, 1.82) is 0 Å². The molecule has 104 valence electrons. The van der Waals surface area contributed by atoms with Crippen LogP contribution in [0.1, 0.15) is 30.4 Å². The SMILES string of the molecule is Cc1ccc(Br)cc1CCC(=O)NCC1(CN)CC1. The number of benzene rings is 1. The molecule has 0 spiro atoms. The molecule has 1 saturated carbocycles. The third-order valence-electron chi connectivity index (χ3n) is 3.98. The topological polar surface area (TPSA) is 55.1 Å².